The van der Waals surface area contributed by atoms with E-state index >= 15 is 0 Å². The molecule has 1 atom stereocenters. The molecule has 0 saturated heterocycles. The van der Waals surface area contributed by atoms with Crippen molar-refractivity contribution >= 4 is 7.60 Å². The molecule has 0 amide bonds. The summed E-state index contributed by atoms with van der Waals surface area (Å²) < 4.78 is 21.0. The fourth-order valence-electron chi connectivity index (χ4n) is 1.08. The van der Waals surface area contributed by atoms with Gasteiger partial charge in [0, 0.05) is 14.2 Å². The van der Waals surface area contributed by atoms with Gasteiger partial charge >= 0.3 is 7.60 Å². The molecule has 5 heteroatoms. The minimum Gasteiger partial charge on any atom is -0.377 e. The molecule has 0 aliphatic heterocycles. The molecule has 0 aromatic rings. The monoisotopic (exact) mass is 196 g/mol. The van der Waals surface area contributed by atoms with Crippen LogP contribution in [0.2, 0.25) is 0 Å². The third kappa shape index (κ3) is 2.30. The van der Waals surface area contributed by atoms with Crippen LogP contribution in [-0.4, -0.2) is 24.7 Å². The van der Waals surface area contributed by atoms with Crippen LogP contribution in [0.5, 0.6) is 0 Å². The SMILES string of the molecule is CCC[C@](C)(O)P(=O)(OC)OC. The van der Waals surface area contributed by atoms with Gasteiger partial charge in [-0.2, -0.15) is 0 Å². The third-order valence-corrected chi connectivity index (χ3v) is 4.16. The summed E-state index contributed by atoms with van der Waals surface area (Å²) in [7, 11) is -0.801. The van der Waals surface area contributed by atoms with Crippen LogP contribution in [0.15, 0.2) is 0 Å². The summed E-state index contributed by atoms with van der Waals surface area (Å²) in [4.78, 5) is 0. The average molecular weight is 196 g/mol. The van der Waals surface area contributed by atoms with Crippen molar-refractivity contribution in [1.82, 2.24) is 0 Å². The topological polar surface area (TPSA) is 55.8 Å². The highest BCUT2D eigenvalue weighted by Gasteiger charge is 2.43. The van der Waals surface area contributed by atoms with Gasteiger partial charge in [0.2, 0.25) is 0 Å². The molecule has 0 heterocycles. The van der Waals surface area contributed by atoms with Gasteiger partial charge in [0.15, 0.2) is 5.34 Å². The molecule has 1 N–H and O–H groups in total. The van der Waals surface area contributed by atoms with Crippen molar-refractivity contribution in [2.45, 2.75) is 32.0 Å². The molecular weight excluding hydrogens is 179 g/mol. The fourth-order valence-corrected chi connectivity index (χ4v) is 2.51. The molecule has 0 bridgehead atoms. The second-order valence-electron chi connectivity index (χ2n) is 2.83. The summed E-state index contributed by atoms with van der Waals surface area (Å²) in [6, 6.07) is 0. The minimum atomic E-state index is -3.35. The van der Waals surface area contributed by atoms with Crippen molar-refractivity contribution in [2.75, 3.05) is 14.2 Å². The third-order valence-electron chi connectivity index (χ3n) is 1.79. The van der Waals surface area contributed by atoms with E-state index in [9.17, 15) is 9.67 Å². The molecule has 74 valence electrons. The van der Waals surface area contributed by atoms with E-state index in [4.69, 9.17) is 0 Å². The molecule has 4 nitrogen and oxygen atoms in total. The van der Waals surface area contributed by atoms with E-state index in [0.717, 1.165) is 6.42 Å². The highest BCUT2D eigenvalue weighted by Crippen LogP contribution is 2.59. The Labute approximate surface area is 73.4 Å². The highest BCUT2D eigenvalue weighted by molar-refractivity contribution is 7.55. The van der Waals surface area contributed by atoms with E-state index in [0.29, 0.717) is 6.42 Å². The zero-order chi connectivity index (χ0) is 9.83. The summed E-state index contributed by atoms with van der Waals surface area (Å²) in [6.45, 7) is 3.36. The molecule has 0 unspecified atom stereocenters. The maximum atomic E-state index is 11.7. The molecular formula is C7H17O4P. The molecule has 0 saturated carbocycles. The van der Waals surface area contributed by atoms with Crippen LogP contribution >= 0.6 is 7.60 Å². The van der Waals surface area contributed by atoms with Crippen LogP contribution in [-0.2, 0) is 13.6 Å². The maximum Gasteiger partial charge on any atom is 0.361 e. The first-order valence-corrected chi connectivity index (χ1v) is 5.41. The maximum absolute atomic E-state index is 11.7. The first-order valence-electron chi connectivity index (χ1n) is 3.87. The molecule has 0 radical (unpaired) electrons. The van der Waals surface area contributed by atoms with Crippen LogP contribution in [0.25, 0.3) is 0 Å². The van der Waals surface area contributed by atoms with Gasteiger partial charge in [-0.05, 0) is 13.3 Å². The van der Waals surface area contributed by atoms with Gasteiger partial charge in [0.1, 0.15) is 0 Å². The number of rotatable bonds is 5. The molecule has 0 aliphatic carbocycles. The van der Waals surface area contributed by atoms with Gasteiger partial charge in [0.25, 0.3) is 0 Å². The van der Waals surface area contributed by atoms with Crippen molar-refractivity contribution in [2.24, 2.45) is 0 Å². The van der Waals surface area contributed by atoms with Crippen molar-refractivity contribution in [3.05, 3.63) is 0 Å². The normalized spacial score (nSPS) is 17.4. The minimum absolute atomic E-state index is 0.395. The van der Waals surface area contributed by atoms with Crippen molar-refractivity contribution < 1.29 is 18.7 Å². The van der Waals surface area contributed by atoms with Crippen LogP contribution in [0.1, 0.15) is 26.7 Å². The Hall–Kier alpha value is 0.110. The first-order chi connectivity index (χ1) is 5.43. The van der Waals surface area contributed by atoms with E-state index in [1.165, 1.54) is 21.1 Å². The van der Waals surface area contributed by atoms with E-state index in [1.807, 2.05) is 6.92 Å². The summed E-state index contributed by atoms with van der Waals surface area (Å²) >= 11 is 0. The van der Waals surface area contributed by atoms with Crippen molar-refractivity contribution in [3.8, 4) is 0 Å². The van der Waals surface area contributed by atoms with E-state index in [1.54, 1.807) is 0 Å². The van der Waals surface area contributed by atoms with Gasteiger partial charge in [0.05, 0.1) is 0 Å². The van der Waals surface area contributed by atoms with Crippen molar-refractivity contribution in [1.29, 1.82) is 0 Å². The van der Waals surface area contributed by atoms with Crippen LogP contribution in [0.3, 0.4) is 0 Å². The lowest BCUT2D eigenvalue weighted by molar-refractivity contribution is 0.0860. The Balaban J connectivity index is 4.59. The summed E-state index contributed by atoms with van der Waals surface area (Å²) in [5.74, 6) is 0. The second kappa shape index (κ2) is 4.38. The molecule has 0 rings (SSSR count). The second-order valence-corrected chi connectivity index (χ2v) is 5.52. The Bertz CT molecular complexity index is 170. The van der Waals surface area contributed by atoms with Crippen LogP contribution in [0, 0.1) is 0 Å². The quantitative estimate of drug-likeness (QED) is 0.683. The lowest BCUT2D eigenvalue weighted by atomic mass is 10.2. The van der Waals surface area contributed by atoms with Gasteiger partial charge in [-0.1, -0.05) is 13.3 Å². The van der Waals surface area contributed by atoms with Gasteiger partial charge in [-0.15, -0.1) is 0 Å². The molecule has 0 aromatic carbocycles. The zero-order valence-corrected chi connectivity index (χ0v) is 8.93. The lowest BCUT2D eigenvalue weighted by Crippen LogP contribution is -2.25. The summed E-state index contributed by atoms with van der Waals surface area (Å²) in [5.41, 5.74) is 0. The Morgan fingerprint density at radius 1 is 1.42 bits per heavy atom. The molecule has 0 fully saturated rings. The number of hydrogen-bond donors (Lipinski definition) is 1. The molecule has 12 heavy (non-hydrogen) atoms. The molecule has 0 aromatic heterocycles. The fraction of sp³-hybridized carbons (Fsp3) is 1.00. The zero-order valence-electron chi connectivity index (χ0n) is 8.03. The van der Waals surface area contributed by atoms with Crippen LogP contribution < -0.4 is 0 Å². The Kier molecular flexibility index (Phi) is 4.42. The Morgan fingerprint density at radius 3 is 2.08 bits per heavy atom. The lowest BCUT2D eigenvalue weighted by Gasteiger charge is -2.29. The Morgan fingerprint density at radius 2 is 1.83 bits per heavy atom. The molecule has 0 aliphatic rings. The first kappa shape index (κ1) is 12.1. The summed E-state index contributed by atoms with van der Waals surface area (Å²) in [6.07, 6.45) is 1.12. The smallest absolute Gasteiger partial charge is 0.361 e. The van der Waals surface area contributed by atoms with Crippen molar-refractivity contribution in [3.63, 3.8) is 0 Å². The predicted octanol–water partition coefficient (Wildman–Crippen LogP) is 1.98. The van der Waals surface area contributed by atoms with Gasteiger partial charge in [-0.25, -0.2) is 0 Å². The van der Waals surface area contributed by atoms with E-state index in [2.05, 4.69) is 9.05 Å². The number of aliphatic hydroxyl groups is 1. The number of hydrogen-bond acceptors (Lipinski definition) is 4. The standard InChI is InChI=1S/C7H17O4P/c1-5-6-7(2,8)12(9,10-3)11-4/h8H,5-6H2,1-4H3/t7-/m1/s1. The average Bonchev–Trinajstić information content (AvgIpc) is 2.02. The largest absolute Gasteiger partial charge is 0.377 e. The predicted molar refractivity (Wildman–Crippen MR) is 47.2 cm³/mol. The molecule has 0 spiro atoms. The van der Waals surface area contributed by atoms with Gasteiger partial charge in [-0.3, -0.25) is 4.57 Å². The highest BCUT2D eigenvalue weighted by atomic mass is 31.2. The van der Waals surface area contributed by atoms with Crippen LogP contribution in [0.4, 0.5) is 0 Å². The summed E-state index contributed by atoms with van der Waals surface area (Å²) in [5, 5.41) is 8.34. The van der Waals surface area contributed by atoms with Gasteiger partial charge < -0.3 is 14.2 Å². The van der Waals surface area contributed by atoms with E-state index < -0.39 is 12.9 Å². The van der Waals surface area contributed by atoms with E-state index in [-0.39, 0.29) is 0 Å².